The first-order valence-corrected chi connectivity index (χ1v) is 15.2. The molecule has 0 aliphatic carbocycles. The number of aromatic nitrogens is 2. The van der Waals surface area contributed by atoms with Crippen LogP contribution in [0.15, 0.2) is 79.0 Å². The highest BCUT2D eigenvalue weighted by Crippen LogP contribution is 2.43. The van der Waals surface area contributed by atoms with Crippen molar-refractivity contribution in [2.45, 2.75) is 45.8 Å². The van der Waals surface area contributed by atoms with Gasteiger partial charge in [0.25, 0.3) is 0 Å². The molecule has 8 heteroatoms. The van der Waals surface area contributed by atoms with E-state index in [1.54, 1.807) is 0 Å². The second-order valence-corrected chi connectivity index (χ2v) is 11.6. The van der Waals surface area contributed by atoms with Gasteiger partial charge in [-0.1, -0.05) is 23.8 Å². The van der Waals surface area contributed by atoms with E-state index in [9.17, 15) is 0 Å². The van der Waals surface area contributed by atoms with Crippen LogP contribution in [0.3, 0.4) is 0 Å². The second kappa shape index (κ2) is 12.7. The third-order valence-corrected chi connectivity index (χ3v) is 8.68. The average Bonchev–Trinajstić information content (AvgIpc) is 3.50. The summed E-state index contributed by atoms with van der Waals surface area (Å²) in [6, 6.07) is 24.6. The third kappa shape index (κ3) is 6.07. The summed E-state index contributed by atoms with van der Waals surface area (Å²) in [5, 5.41) is 4.30. The number of nitrogens with zero attached hydrogens (tertiary/aromatic N) is 4. The van der Waals surface area contributed by atoms with Crippen LogP contribution in [0, 0.1) is 20.8 Å². The van der Waals surface area contributed by atoms with Gasteiger partial charge in [0.2, 0.25) is 0 Å². The van der Waals surface area contributed by atoms with Crippen molar-refractivity contribution in [1.29, 1.82) is 0 Å². The Morgan fingerprint density at radius 2 is 1.64 bits per heavy atom. The van der Waals surface area contributed by atoms with Gasteiger partial charge in [-0.2, -0.15) is 0 Å². The van der Waals surface area contributed by atoms with Gasteiger partial charge in [-0.05, 0) is 99.6 Å². The van der Waals surface area contributed by atoms with Gasteiger partial charge in [0.05, 0.1) is 31.0 Å². The van der Waals surface area contributed by atoms with Gasteiger partial charge in [-0.25, -0.2) is 0 Å². The van der Waals surface area contributed by atoms with Crippen molar-refractivity contribution in [2.24, 2.45) is 0 Å². The summed E-state index contributed by atoms with van der Waals surface area (Å²) in [6.45, 7) is 12.3. The van der Waals surface area contributed by atoms with Crippen molar-refractivity contribution in [2.75, 3.05) is 37.7 Å². The molecule has 4 aromatic rings. The van der Waals surface area contributed by atoms with Crippen molar-refractivity contribution < 1.29 is 9.47 Å². The van der Waals surface area contributed by atoms with Gasteiger partial charge >= 0.3 is 0 Å². The largest absolute Gasteiger partial charge is 0.457 e. The Bertz CT molecular complexity index is 1500. The number of thiocarbonyl (C=S) groups is 1. The molecule has 2 aromatic carbocycles. The highest BCUT2D eigenvalue weighted by Gasteiger charge is 2.42. The third-order valence-electron chi connectivity index (χ3n) is 8.36. The maximum absolute atomic E-state index is 6.11. The Labute approximate surface area is 254 Å². The molecule has 0 saturated carbocycles. The Morgan fingerprint density at radius 3 is 2.33 bits per heavy atom. The van der Waals surface area contributed by atoms with E-state index in [0.29, 0.717) is 5.11 Å². The fourth-order valence-corrected chi connectivity index (χ4v) is 6.46. The molecule has 2 saturated heterocycles. The number of hydrogen-bond donors (Lipinski definition) is 1. The van der Waals surface area contributed by atoms with E-state index in [1.807, 2.05) is 42.6 Å². The van der Waals surface area contributed by atoms with E-state index in [4.69, 9.17) is 26.7 Å². The summed E-state index contributed by atoms with van der Waals surface area (Å²) in [5.74, 6) is 1.61. The smallest absolute Gasteiger partial charge is 0.174 e. The van der Waals surface area contributed by atoms with Gasteiger partial charge in [0.15, 0.2) is 5.11 Å². The molecular weight excluding hydrogens is 542 g/mol. The first-order valence-electron chi connectivity index (χ1n) is 14.8. The molecule has 2 aromatic heterocycles. The maximum Gasteiger partial charge on any atom is 0.174 e. The highest BCUT2D eigenvalue weighted by atomic mass is 32.1. The van der Waals surface area contributed by atoms with E-state index in [-0.39, 0.29) is 12.1 Å². The number of pyridine rings is 1. The lowest BCUT2D eigenvalue weighted by molar-refractivity contribution is 0.0369. The van der Waals surface area contributed by atoms with E-state index < -0.39 is 0 Å². The lowest BCUT2D eigenvalue weighted by Gasteiger charge is -2.28. The fraction of sp³-hybridized carbons (Fsp3) is 0.353. The van der Waals surface area contributed by atoms with Crippen molar-refractivity contribution in [3.8, 4) is 11.5 Å². The standard InChI is InChI=1S/C34H39N5O2S/c1-24-8-12-28(13-9-24)41-29-14-10-27(11-15-29)39-33(32(36-34(39)42)31-7-4-5-16-35-31)30-23-25(2)38(26(30)3)18-6-17-37-19-21-40-22-20-37/h4-5,7-16,23,32-33H,6,17-22H2,1-3H3,(H,36,42)/t32-,33-/m0/s1. The van der Waals surface area contributed by atoms with Crippen molar-refractivity contribution >= 4 is 23.0 Å². The summed E-state index contributed by atoms with van der Waals surface area (Å²) in [4.78, 5) is 9.48. The van der Waals surface area contributed by atoms with Crippen LogP contribution in [0.4, 0.5) is 5.69 Å². The number of rotatable bonds is 9. The molecule has 1 N–H and O–H groups in total. The topological polar surface area (TPSA) is 54.8 Å². The molecule has 4 heterocycles. The normalized spacial score (nSPS) is 19.2. The van der Waals surface area contributed by atoms with Crippen molar-refractivity contribution in [3.63, 3.8) is 0 Å². The van der Waals surface area contributed by atoms with Crippen LogP contribution < -0.4 is 15.0 Å². The molecule has 0 unspecified atom stereocenters. The fourth-order valence-electron chi connectivity index (χ4n) is 6.11. The lowest BCUT2D eigenvalue weighted by atomic mass is 9.96. The number of morpholine rings is 1. The lowest BCUT2D eigenvalue weighted by Crippen LogP contribution is -2.37. The summed E-state index contributed by atoms with van der Waals surface area (Å²) in [7, 11) is 0. The maximum atomic E-state index is 6.11. The minimum atomic E-state index is -0.0792. The predicted octanol–water partition coefficient (Wildman–Crippen LogP) is 6.50. The summed E-state index contributed by atoms with van der Waals surface area (Å²) in [6.07, 6.45) is 2.96. The Kier molecular flexibility index (Phi) is 8.55. The molecule has 2 fully saturated rings. The van der Waals surface area contributed by atoms with Gasteiger partial charge in [-0.15, -0.1) is 0 Å². The second-order valence-electron chi connectivity index (χ2n) is 11.2. The molecule has 2 aliphatic rings. The number of ether oxygens (including phenoxy) is 2. The minimum absolute atomic E-state index is 0.0459. The van der Waals surface area contributed by atoms with Gasteiger partial charge in [0, 0.05) is 49.5 Å². The van der Waals surface area contributed by atoms with E-state index in [2.05, 4.69) is 76.9 Å². The van der Waals surface area contributed by atoms with E-state index in [0.717, 1.165) is 68.7 Å². The highest BCUT2D eigenvalue weighted by molar-refractivity contribution is 7.80. The van der Waals surface area contributed by atoms with Crippen LogP contribution in [0.5, 0.6) is 11.5 Å². The summed E-state index contributed by atoms with van der Waals surface area (Å²) < 4.78 is 14.1. The van der Waals surface area contributed by atoms with Gasteiger partial charge in [0.1, 0.15) is 11.5 Å². The number of nitrogens with one attached hydrogen (secondary N) is 1. The Hall–Kier alpha value is -3.72. The Balaban J connectivity index is 1.28. The number of anilines is 1. The molecular formula is C34H39N5O2S. The van der Waals surface area contributed by atoms with Crippen LogP contribution in [0.25, 0.3) is 0 Å². The average molecular weight is 582 g/mol. The molecule has 0 radical (unpaired) electrons. The number of hydrogen-bond acceptors (Lipinski definition) is 5. The van der Waals surface area contributed by atoms with Crippen LogP contribution >= 0.6 is 12.2 Å². The molecule has 0 bridgehead atoms. The zero-order valence-corrected chi connectivity index (χ0v) is 25.4. The van der Waals surface area contributed by atoms with Crippen LogP contribution in [-0.2, 0) is 11.3 Å². The van der Waals surface area contributed by atoms with E-state index >= 15 is 0 Å². The predicted molar refractivity (Wildman–Crippen MR) is 171 cm³/mol. The van der Waals surface area contributed by atoms with Gasteiger partial charge < -0.3 is 24.3 Å². The van der Waals surface area contributed by atoms with E-state index in [1.165, 1.54) is 22.5 Å². The first kappa shape index (κ1) is 28.4. The van der Waals surface area contributed by atoms with Crippen LogP contribution in [-0.4, -0.2) is 52.4 Å². The summed E-state index contributed by atoms with van der Waals surface area (Å²) >= 11 is 5.99. The molecule has 42 heavy (non-hydrogen) atoms. The minimum Gasteiger partial charge on any atom is -0.457 e. The van der Waals surface area contributed by atoms with Crippen molar-refractivity contribution in [3.05, 3.63) is 107 Å². The number of benzene rings is 2. The first-order chi connectivity index (χ1) is 20.5. The van der Waals surface area contributed by atoms with Gasteiger partial charge in [-0.3, -0.25) is 9.88 Å². The zero-order valence-electron chi connectivity index (χ0n) is 24.6. The molecule has 218 valence electrons. The Morgan fingerprint density at radius 1 is 0.929 bits per heavy atom. The van der Waals surface area contributed by atoms with Crippen LogP contribution in [0.1, 0.15) is 46.7 Å². The SMILES string of the molecule is Cc1ccc(Oc2ccc(N3C(=S)N[C@@H](c4ccccn4)[C@@H]3c3cc(C)n(CCCN4CCOCC4)c3C)cc2)cc1. The molecule has 6 rings (SSSR count). The quantitative estimate of drug-likeness (QED) is 0.227. The summed E-state index contributed by atoms with van der Waals surface area (Å²) in [5.41, 5.74) is 7.01. The molecule has 0 spiro atoms. The van der Waals surface area contributed by atoms with Crippen LogP contribution in [0.2, 0.25) is 0 Å². The molecule has 0 amide bonds. The van der Waals surface area contributed by atoms with Crippen molar-refractivity contribution in [1.82, 2.24) is 19.8 Å². The molecule has 2 aliphatic heterocycles. The molecule has 2 atom stereocenters. The number of aryl methyl sites for hydroxylation is 2. The molecule has 7 nitrogen and oxygen atoms in total. The zero-order chi connectivity index (χ0) is 29.1. The monoisotopic (exact) mass is 581 g/mol.